The highest BCUT2D eigenvalue weighted by molar-refractivity contribution is 6.19. The monoisotopic (exact) mass is 295 g/mol. The first kappa shape index (κ1) is 15.9. The molecule has 0 aromatic rings. The Kier molecular flexibility index (Phi) is 5.33. The molecule has 6 heteroatoms. The van der Waals surface area contributed by atoms with Gasteiger partial charge in [-0.15, -0.1) is 0 Å². The van der Waals surface area contributed by atoms with Crippen LogP contribution in [0, 0.1) is 5.41 Å². The van der Waals surface area contributed by atoms with Crippen LogP contribution in [0.3, 0.4) is 0 Å². The number of hydrogen-bond donors (Lipinski definition) is 2. The van der Waals surface area contributed by atoms with E-state index < -0.39 is 23.3 Å². The molecule has 0 spiro atoms. The van der Waals surface area contributed by atoms with E-state index in [1.807, 2.05) is 6.92 Å². The Hall–Kier alpha value is -1.43. The molecule has 0 aromatic heterocycles. The van der Waals surface area contributed by atoms with Crippen LogP contribution in [0.2, 0.25) is 0 Å². The topological polar surface area (TPSA) is 78.5 Å². The summed E-state index contributed by atoms with van der Waals surface area (Å²) in [5, 5.41) is 4.54. The van der Waals surface area contributed by atoms with E-state index in [4.69, 9.17) is 0 Å². The fraction of sp³-hybridized carbons (Fsp3) is 0.800. The molecule has 21 heavy (non-hydrogen) atoms. The first-order chi connectivity index (χ1) is 10.1. The van der Waals surface area contributed by atoms with Gasteiger partial charge in [-0.1, -0.05) is 26.2 Å². The summed E-state index contributed by atoms with van der Waals surface area (Å²) in [6, 6.07) is -0.699. The summed E-state index contributed by atoms with van der Waals surface area (Å²) in [5.41, 5.74) is -1.08. The van der Waals surface area contributed by atoms with Gasteiger partial charge in [0.05, 0.1) is 0 Å². The summed E-state index contributed by atoms with van der Waals surface area (Å²) in [4.78, 5) is 38.2. The molecule has 0 bridgehead atoms. The van der Waals surface area contributed by atoms with Crippen LogP contribution in [-0.2, 0) is 9.59 Å². The molecule has 0 aromatic carbocycles. The second-order valence-corrected chi connectivity index (χ2v) is 6.08. The van der Waals surface area contributed by atoms with E-state index in [2.05, 4.69) is 15.5 Å². The maximum absolute atomic E-state index is 12.3. The largest absolute Gasteiger partial charge is 0.328 e. The van der Waals surface area contributed by atoms with E-state index in [1.165, 1.54) is 19.3 Å². The van der Waals surface area contributed by atoms with Crippen LogP contribution in [0.25, 0.3) is 0 Å². The Balaban J connectivity index is 2.06. The first-order valence-electron chi connectivity index (χ1n) is 7.98. The lowest BCUT2D eigenvalue weighted by molar-refractivity contribution is -0.145. The predicted molar refractivity (Wildman–Crippen MR) is 78.5 cm³/mol. The van der Waals surface area contributed by atoms with E-state index in [1.54, 1.807) is 0 Å². The van der Waals surface area contributed by atoms with Crippen molar-refractivity contribution in [2.45, 2.75) is 51.9 Å². The molecule has 2 rings (SSSR count). The van der Waals surface area contributed by atoms with Gasteiger partial charge in [0.1, 0.15) is 5.41 Å². The minimum Gasteiger partial charge on any atom is -0.303 e. The van der Waals surface area contributed by atoms with Crippen molar-refractivity contribution in [1.29, 1.82) is 0 Å². The van der Waals surface area contributed by atoms with Crippen molar-refractivity contribution in [2.24, 2.45) is 5.41 Å². The number of amides is 4. The number of carbonyl (C=O) groups excluding carboxylic acids is 3. The number of likely N-dealkylation sites (tertiary alicyclic amines) is 1. The van der Waals surface area contributed by atoms with E-state index in [9.17, 15) is 14.4 Å². The quantitative estimate of drug-likeness (QED) is 0.726. The van der Waals surface area contributed by atoms with E-state index in [0.717, 1.165) is 32.5 Å². The SMILES string of the molecule is CCCCC1(CCN2CCCCC2)C(=O)NC(=O)NC1=O. The third-order valence-electron chi connectivity index (χ3n) is 4.58. The van der Waals surface area contributed by atoms with Crippen LogP contribution in [-0.4, -0.2) is 42.4 Å². The zero-order valence-electron chi connectivity index (χ0n) is 12.7. The fourth-order valence-corrected chi connectivity index (χ4v) is 3.17. The highest BCUT2D eigenvalue weighted by Crippen LogP contribution is 2.32. The Morgan fingerprint density at radius 2 is 1.62 bits per heavy atom. The summed E-state index contributed by atoms with van der Waals surface area (Å²) < 4.78 is 0. The number of nitrogens with zero attached hydrogens (tertiary/aromatic N) is 1. The Bertz CT molecular complexity index is 396. The molecule has 0 unspecified atom stereocenters. The van der Waals surface area contributed by atoms with E-state index in [0.29, 0.717) is 12.8 Å². The molecule has 0 saturated carbocycles. The molecule has 2 heterocycles. The molecule has 0 aliphatic carbocycles. The zero-order chi connectivity index (χ0) is 15.3. The van der Waals surface area contributed by atoms with Gasteiger partial charge in [0, 0.05) is 0 Å². The van der Waals surface area contributed by atoms with Gasteiger partial charge in [-0.2, -0.15) is 0 Å². The summed E-state index contributed by atoms with van der Waals surface area (Å²) in [6.45, 7) is 4.83. The summed E-state index contributed by atoms with van der Waals surface area (Å²) >= 11 is 0. The van der Waals surface area contributed by atoms with Crippen LogP contribution < -0.4 is 10.6 Å². The number of carbonyl (C=O) groups is 3. The Labute approximate surface area is 125 Å². The van der Waals surface area contributed by atoms with Gasteiger partial charge in [0.15, 0.2) is 0 Å². The van der Waals surface area contributed by atoms with Gasteiger partial charge < -0.3 is 4.90 Å². The van der Waals surface area contributed by atoms with Crippen LogP contribution in [0.1, 0.15) is 51.9 Å². The molecular formula is C15H25N3O3. The number of unbranched alkanes of at least 4 members (excludes halogenated alkanes) is 1. The van der Waals surface area contributed by atoms with Crippen molar-refractivity contribution in [3.8, 4) is 0 Å². The van der Waals surface area contributed by atoms with Gasteiger partial charge in [-0.25, -0.2) is 4.79 Å². The molecule has 0 atom stereocenters. The van der Waals surface area contributed by atoms with Crippen molar-refractivity contribution in [3.63, 3.8) is 0 Å². The summed E-state index contributed by atoms with van der Waals surface area (Å²) in [7, 11) is 0. The van der Waals surface area contributed by atoms with Gasteiger partial charge in [0.25, 0.3) is 0 Å². The first-order valence-corrected chi connectivity index (χ1v) is 7.98. The smallest absolute Gasteiger partial charge is 0.303 e. The number of rotatable bonds is 6. The lowest BCUT2D eigenvalue weighted by atomic mass is 9.76. The number of hydrogen-bond acceptors (Lipinski definition) is 4. The highest BCUT2D eigenvalue weighted by Gasteiger charge is 2.49. The van der Waals surface area contributed by atoms with Gasteiger partial charge >= 0.3 is 6.03 Å². The van der Waals surface area contributed by atoms with Crippen LogP contribution in [0.15, 0.2) is 0 Å². The molecule has 6 nitrogen and oxygen atoms in total. The van der Waals surface area contributed by atoms with Gasteiger partial charge in [-0.05, 0) is 45.3 Å². The van der Waals surface area contributed by atoms with Crippen molar-refractivity contribution in [2.75, 3.05) is 19.6 Å². The molecular weight excluding hydrogens is 270 g/mol. The number of nitrogens with one attached hydrogen (secondary N) is 2. The number of urea groups is 1. The van der Waals surface area contributed by atoms with E-state index >= 15 is 0 Å². The average Bonchev–Trinajstić information content (AvgIpc) is 2.47. The molecule has 2 aliphatic rings. The highest BCUT2D eigenvalue weighted by atomic mass is 16.2. The van der Waals surface area contributed by atoms with Crippen LogP contribution >= 0.6 is 0 Å². The second kappa shape index (κ2) is 7.02. The number of barbiturate groups is 1. The van der Waals surface area contributed by atoms with Crippen molar-refractivity contribution < 1.29 is 14.4 Å². The average molecular weight is 295 g/mol. The van der Waals surface area contributed by atoms with Crippen LogP contribution in [0.4, 0.5) is 4.79 Å². The minimum atomic E-state index is -1.08. The fourth-order valence-electron chi connectivity index (χ4n) is 3.17. The van der Waals surface area contributed by atoms with E-state index in [-0.39, 0.29) is 0 Å². The van der Waals surface area contributed by atoms with Crippen molar-refractivity contribution >= 4 is 17.8 Å². The van der Waals surface area contributed by atoms with Gasteiger partial charge in [0.2, 0.25) is 11.8 Å². The third kappa shape index (κ3) is 3.61. The number of piperidine rings is 1. The number of imide groups is 2. The van der Waals surface area contributed by atoms with Crippen molar-refractivity contribution in [3.05, 3.63) is 0 Å². The maximum atomic E-state index is 12.3. The molecule has 4 amide bonds. The Morgan fingerprint density at radius 1 is 1.00 bits per heavy atom. The molecule has 2 aliphatic heterocycles. The molecule has 0 radical (unpaired) electrons. The Morgan fingerprint density at radius 3 is 2.19 bits per heavy atom. The lowest BCUT2D eigenvalue weighted by Crippen LogP contribution is -2.63. The summed E-state index contributed by atoms with van der Waals surface area (Å²) in [5.74, 6) is -0.858. The van der Waals surface area contributed by atoms with Crippen molar-refractivity contribution in [1.82, 2.24) is 15.5 Å². The predicted octanol–water partition coefficient (Wildman–Crippen LogP) is 1.41. The molecule has 2 saturated heterocycles. The zero-order valence-corrected chi connectivity index (χ0v) is 12.7. The maximum Gasteiger partial charge on any atom is 0.328 e. The lowest BCUT2D eigenvalue weighted by Gasteiger charge is -2.36. The second-order valence-electron chi connectivity index (χ2n) is 6.08. The van der Waals surface area contributed by atoms with Crippen LogP contribution in [0.5, 0.6) is 0 Å². The van der Waals surface area contributed by atoms with Gasteiger partial charge in [-0.3, -0.25) is 20.2 Å². The molecule has 118 valence electrons. The minimum absolute atomic E-state index is 0.429. The molecule has 2 fully saturated rings. The summed E-state index contributed by atoms with van der Waals surface area (Å²) in [6.07, 6.45) is 6.32. The normalized spacial score (nSPS) is 22.8. The standard InChI is InChI=1S/C15H25N3O3/c1-2-3-7-15(8-11-18-9-5-4-6-10-18)12(19)16-14(21)17-13(15)20/h2-11H2,1H3,(H2,16,17,19,20,21). The third-order valence-corrected chi connectivity index (χ3v) is 4.58. The molecule has 2 N–H and O–H groups in total.